The van der Waals surface area contributed by atoms with E-state index in [1.54, 1.807) is 24.3 Å². The van der Waals surface area contributed by atoms with Crippen LogP contribution in [0.25, 0.3) is 0 Å². The van der Waals surface area contributed by atoms with Gasteiger partial charge in [-0.1, -0.05) is 0 Å². The van der Waals surface area contributed by atoms with E-state index in [2.05, 4.69) is 5.32 Å². The summed E-state index contributed by atoms with van der Waals surface area (Å²) in [7, 11) is 1.48. The van der Waals surface area contributed by atoms with Crippen molar-refractivity contribution < 1.29 is 14.4 Å². The van der Waals surface area contributed by atoms with E-state index in [9.17, 15) is 19.6 Å². The third kappa shape index (κ3) is 4.01. The molecule has 0 aromatic heterocycles. The number of carbonyl (C=O) groups excluding carboxylic acids is 3. The van der Waals surface area contributed by atoms with Crippen LogP contribution in [-0.4, -0.2) is 54.2 Å². The van der Waals surface area contributed by atoms with Crippen molar-refractivity contribution in [2.24, 2.45) is 5.92 Å². The molecule has 2 unspecified atom stereocenters. The minimum absolute atomic E-state index is 0.117. The molecule has 8 heteroatoms. The third-order valence-electron chi connectivity index (χ3n) is 3.88. The lowest BCUT2D eigenvalue weighted by atomic mass is 10.1. The fourth-order valence-electron chi connectivity index (χ4n) is 2.58. The van der Waals surface area contributed by atoms with Crippen molar-refractivity contribution in [2.75, 3.05) is 31.2 Å². The molecule has 1 aliphatic heterocycles. The molecule has 2 rings (SSSR count). The van der Waals surface area contributed by atoms with Gasteiger partial charge in [0.05, 0.1) is 18.5 Å². The summed E-state index contributed by atoms with van der Waals surface area (Å²) in [5.74, 6) is -1.07. The molecular weight excluding hydrogens is 310 g/mol. The number of amides is 3. The van der Waals surface area contributed by atoms with Crippen molar-refractivity contribution in [3.63, 3.8) is 0 Å². The number of likely N-dealkylation sites (tertiary alicyclic amines) is 1. The highest BCUT2D eigenvalue weighted by molar-refractivity contribution is 5.94. The van der Waals surface area contributed by atoms with Crippen LogP contribution in [0.3, 0.4) is 0 Å². The van der Waals surface area contributed by atoms with E-state index < -0.39 is 12.0 Å². The number of carbonyl (C=O) groups is 3. The second-order valence-electron chi connectivity index (χ2n) is 5.76. The van der Waals surface area contributed by atoms with Crippen molar-refractivity contribution in [2.45, 2.75) is 12.5 Å². The first-order chi connectivity index (χ1) is 11.4. The highest BCUT2D eigenvalue weighted by atomic mass is 16.2. The fourth-order valence-corrected chi connectivity index (χ4v) is 2.58. The Kier molecular flexibility index (Phi) is 5.37. The lowest BCUT2D eigenvalue weighted by Crippen LogP contribution is -2.41. The molecule has 0 radical (unpaired) electrons. The van der Waals surface area contributed by atoms with Crippen LogP contribution in [0.5, 0.6) is 0 Å². The summed E-state index contributed by atoms with van der Waals surface area (Å²) in [5, 5.41) is 12.0. The number of rotatable bonds is 5. The Morgan fingerprint density at radius 1 is 1.46 bits per heavy atom. The van der Waals surface area contributed by atoms with Crippen molar-refractivity contribution in [1.29, 1.82) is 5.26 Å². The number of nitrogen functional groups attached to an aromatic ring is 1. The number of benzene rings is 1. The SMILES string of the molecule is CN(C=O)CC(=O)N1CC(C(=O)Nc2ccc(N)cc2)CC1C#N. The van der Waals surface area contributed by atoms with Crippen molar-refractivity contribution in [1.82, 2.24) is 9.80 Å². The number of hydrogen-bond acceptors (Lipinski definition) is 5. The standard InChI is InChI=1S/C16H19N5O3/c1-20(10-22)9-15(23)21-8-11(6-14(21)7-17)16(24)19-13-4-2-12(18)3-5-13/h2-5,10-11,14H,6,8-9,18H2,1H3,(H,19,24). The summed E-state index contributed by atoms with van der Waals surface area (Å²) >= 11 is 0. The fraction of sp³-hybridized carbons (Fsp3) is 0.375. The number of nitrogens with one attached hydrogen (secondary N) is 1. The molecule has 3 amide bonds. The second kappa shape index (κ2) is 7.46. The van der Waals surface area contributed by atoms with Gasteiger partial charge in [-0.05, 0) is 30.7 Å². The summed E-state index contributed by atoms with van der Waals surface area (Å²) in [6.07, 6.45) is 0.814. The Bertz CT molecular complexity index is 667. The summed E-state index contributed by atoms with van der Waals surface area (Å²) in [6, 6.07) is 8.10. The molecular formula is C16H19N5O3. The van der Waals surface area contributed by atoms with Gasteiger partial charge >= 0.3 is 0 Å². The van der Waals surface area contributed by atoms with Gasteiger partial charge in [-0.25, -0.2) is 0 Å². The zero-order valence-electron chi connectivity index (χ0n) is 13.3. The highest BCUT2D eigenvalue weighted by Crippen LogP contribution is 2.25. The van der Waals surface area contributed by atoms with Gasteiger partial charge in [0.1, 0.15) is 6.04 Å². The predicted molar refractivity (Wildman–Crippen MR) is 87.4 cm³/mol. The smallest absolute Gasteiger partial charge is 0.243 e. The molecule has 0 aliphatic carbocycles. The van der Waals surface area contributed by atoms with Crippen LogP contribution in [-0.2, 0) is 14.4 Å². The van der Waals surface area contributed by atoms with Crippen LogP contribution in [0.15, 0.2) is 24.3 Å². The van der Waals surface area contributed by atoms with Crippen molar-refractivity contribution in [3.05, 3.63) is 24.3 Å². The molecule has 24 heavy (non-hydrogen) atoms. The van der Waals surface area contributed by atoms with Gasteiger partial charge in [-0.15, -0.1) is 0 Å². The monoisotopic (exact) mass is 329 g/mol. The number of likely N-dealkylation sites (N-methyl/N-ethyl adjacent to an activating group) is 1. The number of hydrogen-bond donors (Lipinski definition) is 2. The summed E-state index contributed by atoms with van der Waals surface area (Å²) < 4.78 is 0. The van der Waals surface area contributed by atoms with Gasteiger partial charge in [0, 0.05) is 25.0 Å². The lowest BCUT2D eigenvalue weighted by molar-refractivity contribution is -0.135. The average Bonchev–Trinajstić information content (AvgIpc) is 3.01. The van der Waals surface area contributed by atoms with Crippen molar-refractivity contribution in [3.8, 4) is 6.07 Å². The second-order valence-corrected chi connectivity index (χ2v) is 5.76. The van der Waals surface area contributed by atoms with Crippen LogP contribution in [0, 0.1) is 17.2 Å². The molecule has 126 valence electrons. The molecule has 1 aromatic carbocycles. The maximum Gasteiger partial charge on any atom is 0.243 e. The normalized spacial score (nSPS) is 19.4. The first kappa shape index (κ1) is 17.3. The van der Waals surface area contributed by atoms with E-state index >= 15 is 0 Å². The molecule has 0 spiro atoms. The van der Waals surface area contributed by atoms with Crippen LogP contribution < -0.4 is 11.1 Å². The number of nitrogens with two attached hydrogens (primary N) is 1. The summed E-state index contributed by atoms with van der Waals surface area (Å²) in [6.45, 7) is 0.0402. The predicted octanol–water partition coefficient (Wildman–Crippen LogP) is 0.0362. The summed E-state index contributed by atoms with van der Waals surface area (Å²) in [5.41, 5.74) is 6.79. The number of nitriles is 1. The van der Waals surface area contributed by atoms with Crippen LogP contribution in [0.4, 0.5) is 11.4 Å². The van der Waals surface area contributed by atoms with Crippen LogP contribution in [0.2, 0.25) is 0 Å². The van der Waals surface area contributed by atoms with E-state index in [1.807, 2.05) is 6.07 Å². The van der Waals surface area contributed by atoms with Gasteiger partial charge in [-0.2, -0.15) is 5.26 Å². The Labute approximate surface area is 139 Å². The Hall–Kier alpha value is -3.08. The third-order valence-corrected chi connectivity index (χ3v) is 3.88. The van der Waals surface area contributed by atoms with E-state index in [1.165, 1.54) is 16.8 Å². The van der Waals surface area contributed by atoms with Gasteiger partial charge in [0.25, 0.3) is 0 Å². The van der Waals surface area contributed by atoms with Gasteiger partial charge in [-0.3, -0.25) is 14.4 Å². The van der Waals surface area contributed by atoms with Crippen LogP contribution in [0.1, 0.15) is 6.42 Å². The molecule has 3 N–H and O–H groups in total. The van der Waals surface area contributed by atoms with E-state index in [4.69, 9.17) is 5.73 Å². The number of anilines is 2. The van der Waals surface area contributed by atoms with E-state index in [0.29, 0.717) is 17.8 Å². The Morgan fingerprint density at radius 2 is 2.12 bits per heavy atom. The maximum atomic E-state index is 12.4. The lowest BCUT2D eigenvalue weighted by Gasteiger charge is -2.21. The molecule has 1 fully saturated rings. The Morgan fingerprint density at radius 3 is 2.71 bits per heavy atom. The molecule has 1 saturated heterocycles. The molecule has 1 aromatic rings. The minimum Gasteiger partial charge on any atom is -0.399 e. The molecule has 2 atom stereocenters. The van der Waals surface area contributed by atoms with E-state index in [-0.39, 0.29) is 31.3 Å². The molecule has 1 heterocycles. The first-order valence-electron chi connectivity index (χ1n) is 7.45. The zero-order chi connectivity index (χ0) is 17.7. The zero-order valence-corrected chi connectivity index (χ0v) is 13.3. The molecule has 0 saturated carbocycles. The molecule has 0 bridgehead atoms. The first-order valence-corrected chi connectivity index (χ1v) is 7.45. The topological polar surface area (TPSA) is 120 Å². The average molecular weight is 329 g/mol. The Balaban J connectivity index is 2.01. The minimum atomic E-state index is -0.667. The van der Waals surface area contributed by atoms with Crippen molar-refractivity contribution >= 4 is 29.6 Å². The van der Waals surface area contributed by atoms with Gasteiger partial charge in [0.2, 0.25) is 18.2 Å². The highest BCUT2D eigenvalue weighted by Gasteiger charge is 2.38. The van der Waals surface area contributed by atoms with E-state index in [0.717, 1.165) is 0 Å². The van der Waals surface area contributed by atoms with Gasteiger partial charge in [0.15, 0.2) is 0 Å². The van der Waals surface area contributed by atoms with Crippen LogP contribution >= 0.6 is 0 Å². The molecule has 8 nitrogen and oxygen atoms in total. The maximum absolute atomic E-state index is 12.4. The largest absolute Gasteiger partial charge is 0.399 e. The summed E-state index contributed by atoms with van der Waals surface area (Å²) in [4.78, 5) is 37.7. The molecule has 1 aliphatic rings. The van der Waals surface area contributed by atoms with Gasteiger partial charge < -0.3 is 20.9 Å². The quantitative estimate of drug-likeness (QED) is 0.583. The number of nitrogens with zero attached hydrogens (tertiary/aromatic N) is 3.